The molecule has 76 valence electrons. The Kier molecular flexibility index (Phi) is 3.72. The Bertz CT molecular complexity index is 174. The molecule has 1 saturated heterocycles. The molecular weight excluding hydrogens is 164 g/mol. The zero-order chi connectivity index (χ0) is 9.84. The number of hydrogen-bond donors (Lipinski definition) is 0. The van der Waals surface area contributed by atoms with Crippen LogP contribution in [0.5, 0.6) is 0 Å². The van der Waals surface area contributed by atoms with Gasteiger partial charge in [0.05, 0.1) is 0 Å². The number of piperidine rings is 1. The van der Waals surface area contributed by atoms with Gasteiger partial charge in [-0.05, 0) is 26.7 Å². The molecule has 13 heavy (non-hydrogen) atoms. The van der Waals surface area contributed by atoms with E-state index in [1.165, 1.54) is 19.3 Å². The highest BCUT2D eigenvalue weighted by Crippen LogP contribution is 2.14. The Morgan fingerprint density at radius 2 is 1.77 bits per heavy atom. The molecule has 0 aromatic rings. The summed E-state index contributed by atoms with van der Waals surface area (Å²) in [5, 5.41) is 4.08. The van der Waals surface area contributed by atoms with Crippen molar-refractivity contribution in [2.45, 2.75) is 46.1 Å². The second kappa shape index (κ2) is 4.61. The Labute approximate surface area is 80.7 Å². The molecule has 0 atom stereocenters. The van der Waals surface area contributed by atoms with Gasteiger partial charge in [-0.3, -0.25) is 9.80 Å². The number of hydrogen-bond acceptors (Lipinski definition) is 2. The fraction of sp³-hybridized carbons (Fsp3) is 0.900. The normalized spacial score (nSPS) is 19.1. The van der Waals surface area contributed by atoms with Crippen LogP contribution in [0.3, 0.4) is 0 Å². The fourth-order valence-corrected chi connectivity index (χ4v) is 1.98. The van der Waals surface area contributed by atoms with Crippen LogP contribution in [-0.2, 0) is 4.79 Å². The van der Waals surface area contributed by atoms with Gasteiger partial charge in [-0.25, -0.2) is 5.01 Å². The number of hydrazine groups is 1. The first-order valence-electron chi connectivity index (χ1n) is 5.17. The van der Waals surface area contributed by atoms with Crippen molar-refractivity contribution in [3.63, 3.8) is 0 Å². The minimum Gasteiger partial charge on any atom is -0.274 e. The van der Waals surface area contributed by atoms with Gasteiger partial charge in [-0.2, -0.15) is 0 Å². The van der Waals surface area contributed by atoms with Gasteiger partial charge >= 0.3 is 0 Å². The maximum absolute atomic E-state index is 11.4. The van der Waals surface area contributed by atoms with E-state index in [9.17, 15) is 4.79 Å². The number of nitrogens with zero attached hydrogens (tertiary/aromatic N) is 2. The quantitative estimate of drug-likeness (QED) is 0.651. The largest absolute Gasteiger partial charge is 0.274 e. The zero-order valence-corrected chi connectivity index (χ0v) is 8.92. The minimum atomic E-state index is 0.164. The molecular formula is C10H20N2O. The fourth-order valence-electron chi connectivity index (χ4n) is 1.98. The standard InChI is InChI=1S/C10H20N2O/c1-9(2)12(10(3)13)11-7-5-4-6-8-11/h9H,4-8H2,1-3H3. The highest BCUT2D eigenvalue weighted by molar-refractivity contribution is 5.72. The first kappa shape index (κ1) is 10.5. The summed E-state index contributed by atoms with van der Waals surface area (Å²) in [6.07, 6.45) is 3.74. The molecule has 1 amide bonds. The van der Waals surface area contributed by atoms with E-state index in [4.69, 9.17) is 0 Å². The summed E-state index contributed by atoms with van der Waals surface area (Å²) in [6, 6.07) is 0.288. The van der Waals surface area contributed by atoms with Crippen LogP contribution in [0.2, 0.25) is 0 Å². The van der Waals surface area contributed by atoms with Gasteiger partial charge in [0.2, 0.25) is 5.91 Å². The predicted octanol–water partition coefficient (Wildman–Crippen LogP) is 1.64. The zero-order valence-electron chi connectivity index (χ0n) is 8.92. The molecule has 0 saturated carbocycles. The molecule has 0 unspecified atom stereocenters. The van der Waals surface area contributed by atoms with Crippen LogP contribution in [0.25, 0.3) is 0 Å². The smallest absolute Gasteiger partial charge is 0.233 e. The van der Waals surface area contributed by atoms with Crippen molar-refractivity contribution in [3.8, 4) is 0 Å². The Hall–Kier alpha value is -0.570. The summed E-state index contributed by atoms with van der Waals surface area (Å²) in [5.74, 6) is 0.164. The van der Waals surface area contributed by atoms with E-state index in [-0.39, 0.29) is 11.9 Å². The summed E-state index contributed by atoms with van der Waals surface area (Å²) < 4.78 is 0. The molecule has 0 bridgehead atoms. The number of rotatable bonds is 2. The van der Waals surface area contributed by atoms with Crippen LogP contribution in [0, 0.1) is 0 Å². The van der Waals surface area contributed by atoms with Crippen LogP contribution in [-0.4, -0.2) is 35.1 Å². The van der Waals surface area contributed by atoms with Crippen LogP contribution < -0.4 is 0 Å². The van der Waals surface area contributed by atoms with Crippen molar-refractivity contribution in [3.05, 3.63) is 0 Å². The molecule has 3 heteroatoms. The lowest BCUT2D eigenvalue weighted by Crippen LogP contribution is -2.51. The van der Waals surface area contributed by atoms with E-state index < -0.39 is 0 Å². The van der Waals surface area contributed by atoms with Gasteiger partial charge in [0.15, 0.2) is 0 Å². The van der Waals surface area contributed by atoms with E-state index >= 15 is 0 Å². The van der Waals surface area contributed by atoms with Crippen molar-refractivity contribution < 1.29 is 4.79 Å². The molecule has 1 heterocycles. The molecule has 0 spiro atoms. The maximum atomic E-state index is 11.4. The lowest BCUT2D eigenvalue weighted by Gasteiger charge is -2.39. The Balaban J connectivity index is 2.57. The van der Waals surface area contributed by atoms with Crippen molar-refractivity contribution in [2.75, 3.05) is 13.1 Å². The monoisotopic (exact) mass is 184 g/mol. The van der Waals surface area contributed by atoms with Crippen molar-refractivity contribution >= 4 is 5.91 Å². The van der Waals surface area contributed by atoms with Gasteiger partial charge in [-0.15, -0.1) is 0 Å². The van der Waals surface area contributed by atoms with Crippen molar-refractivity contribution in [1.29, 1.82) is 0 Å². The molecule has 0 N–H and O–H groups in total. The molecule has 3 nitrogen and oxygen atoms in total. The molecule has 0 aromatic heterocycles. The third-order valence-electron chi connectivity index (χ3n) is 2.45. The lowest BCUT2D eigenvalue weighted by atomic mass is 10.1. The van der Waals surface area contributed by atoms with Gasteiger partial charge in [0.1, 0.15) is 0 Å². The van der Waals surface area contributed by atoms with E-state index in [1.54, 1.807) is 6.92 Å². The summed E-state index contributed by atoms with van der Waals surface area (Å²) in [7, 11) is 0. The highest BCUT2D eigenvalue weighted by atomic mass is 16.2. The van der Waals surface area contributed by atoms with Crippen LogP contribution >= 0.6 is 0 Å². The second-order valence-electron chi connectivity index (χ2n) is 3.97. The third kappa shape index (κ3) is 2.69. The van der Waals surface area contributed by atoms with E-state index in [2.05, 4.69) is 18.9 Å². The average molecular weight is 184 g/mol. The highest BCUT2D eigenvalue weighted by Gasteiger charge is 2.22. The van der Waals surface area contributed by atoms with E-state index in [1.807, 2.05) is 5.01 Å². The van der Waals surface area contributed by atoms with Crippen molar-refractivity contribution in [2.24, 2.45) is 0 Å². The predicted molar refractivity (Wildman–Crippen MR) is 53.1 cm³/mol. The van der Waals surface area contributed by atoms with Crippen LogP contribution in [0.1, 0.15) is 40.0 Å². The first-order valence-corrected chi connectivity index (χ1v) is 5.17. The Morgan fingerprint density at radius 1 is 1.23 bits per heavy atom. The minimum absolute atomic E-state index is 0.164. The van der Waals surface area contributed by atoms with E-state index in [0.717, 1.165) is 13.1 Å². The average Bonchev–Trinajstić information content (AvgIpc) is 2.04. The third-order valence-corrected chi connectivity index (χ3v) is 2.45. The van der Waals surface area contributed by atoms with Gasteiger partial charge in [0, 0.05) is 26.1 Å². The van der Waals surface area contributed by atoms with Crippen molar-refractivity contribution in [1.82, 2.24) is 10.0 Å². The topological polar surface area (TPSA) is 23.6 Å². The summed E-state index contributed by atoms with van der Waals surface area (Å²) >= 11 is 0. The molecule has 1 fully saturated rings. The van der Waals surface area contributed by atoms with E-state index in [0.29, 0.717) is 0 Å². The molecule has 1 aliphatic rings. The summed E-state index contributed by atoms with van der Waals surface area (Å²) in [5.41, 5.74) is 0. The molecule has 1 rings (SSSR count). The second-order valence-corrected chi connectivity index (χ2v) is 3.97. The maximum Gasteiger partial charge on any atom is 0.233 e. The Morgan fingerprint density at radius 3 is 2.15 bits per heavy atom. The summed E-state index contributed by atoms with van der Waals surface area (Å²) in [6.45, 7) is 7.86. The molecule has 0 radical (unpaired) electrons. The van der Waals surface area contributed by atoms with Crippen LogP contribution in [0.4, 0.5) is 0 Å². The van der Waals surface area contributed by atoms with Gasteiger partial charge in [0.25, 0.3) is 0 Å². The number of amides is 1. The van der Waals surface area contributed by atoms with Crippen LogP contribution in [0.15, 0.2) is 0 Å². The van der Waals surface area contributed by atoms with Gasteiger partial charge < -0.3 is 0 Å². The molecule has 0 aromatic carbocycles. The number of carbonyl (C=O) groups is 1. The van der Waals surface area contributed by atoms with Gasteiger partial charge in [-0.1, -0.05) is 6.42 Å². The molecule has 0 aliphatic carbocycles. The molecule has 1 aliphatic heterocycles. The lowest BCUT2D eigenvalue weighted by molar-refractivity contribution is -0.153. The number of carbonyl (C=O) groups excluding carboxylic acids is 1. The SMILES string of the molecule is CC(=O)N(C(C)C)N1CCCCC1. The first-order chi connectivity index (χ1) is 6.13. The summed E-state index contributed by atoms with van der Waals surface area (Å²) in [4.78, 5) is 11.4.